The topological polar surface area (TPSA) is 67.3 Å². The molecule has 1 unspecified atom stereocenters. The van der Waals surface area contributed by atoms with Gasteiger partial charge in [-0.05, 0) is 30.7 Å². The van der Waals surface area contributed by atoms with E-state index in [9.17, 15) is 13.2 Å². The molecule has 8 heteroatoms. The highest BCUT2D eigenvalue weighted by Crippen LogP contribution is 2.34. The lowest BCUT2D eigenvalue weighted by Crippen LogP contribution is -2.42. The molecule has 1 aliphatic carbocycles. The quantitative estimate of drug-likeness (QED) is 0.832. The number of sulfone groups is 1. The summed E-state index contributed by atoms with van der Waals surface area (Å²) in [5.74, 6) is 0.164. The van der Waals surface area contributed by atoms with Gasteiger partial charge in [-0.3, -0.25) is 4.79 Å². The molecule has 0 aromatic carbocycles. The molecule has 5 nitrogen and oxygen atoms in total. The van der Waals surface area contributed by atoms with Gasteiger partial charge in [-0.2, -0.15) is 0 Å². The summed E-state index contributed by atoms with van der Waals surface area (Å²) >= 11 is 3.06. The third-order valence-electron chi connectivity index (χ3n) is 4.23. The number of thiazole rings is 1. The lowest BCUT2D eigenvalue weighted by atomic mass is 10.2. The Morgan fingerprint density at radius 1 is 1.22 bits per heavy atom. The molecule has 2 aromatic heterocycles. The Bertz CT molecular complexity index is 822. The van der Waals surface area contributed by atoms with Crippen molar-refractivity contribution in [3.63, 3.8) is 0 Å². The zero-order valence-corrected chi connectivity index (χ0v) is 14.8. The highest BCUT2D eigenvalue weighted by atomic mass is 32.2. The molecule has 0 radical (unpaired) electrons. The number of hydrogen-bond acceptors (Lipinski definition) is 6. The van der Waals surface area contributed by atoms with Gasteiger partial charge in [0, 0.05) is 17.5 Å². The van der Waals surface area contributed by atoms with Crippen molar-refractivity contribution in [1.29, 1.82) is 0 Å². The summed E-state index contributed by atoms with van der Waals surface area (Å²) < 4.78 is 23.5. The van der Waals surface area contributed by atoms with E-state index in [2.05, 4.69) is 4.98 Å². The third kappa shape index (κ3) is 3.07. The van der Waals surface area contributed by atoms with E-state index in [0.717, 1.165) is 22.7 Å². The van der Waals surface area contributed by atoms with E-state index in [1.54, 1.807) is 21.6 Å². The van der Waals surface area contributed by atoms with Crippen molar-refractivity contribution in [3.8, 4) is 9.88 Å². The smallest absolute Gasteiger partial charge is 0.273 e. The average Bonchev–Trinajstić information content (AvgIpc) is 2.96. The fraction of sp³-hybridized carbons (Fsp3) is 0.467. The molecule has 2 fully saturated rings. The molecule has 1 saturated carbocycles. The predicted octanol–water partition coefficient (Wildman–Crippen LogP) is 2.66. The van der Waals surface area contributed by atoms with Gasteiger partial charge in [0.15, 0.2) is 9.84 Å². The maximum atomic E-state index is 12.9. The SMILES string of the molecule is O=C(c1csc(-c2cccs2)n1)N(C1CC1)C1CCS(=O)(=O)C1. The van der Waals surface area contributed by atoms with Gasteiger partial charge < -0.3 is 4.90 Å². The summed E-state index contributed by atoms with van der Waals surface area (Å²) in [5, 5.41) is 4.62. The van der Waals surface area contributed by atoms with Crippen LogP contribution in [0.4, 0.5) is 0 Å². The zero-order valence-electron chi connectivity index (χ0n) is 12.3. The Morgan fingerprint density at radius 3 is 2.65 bits per heavy atom. The molecule has 3 heterocycles. The molecule has 1 saturated heterocycles. The summed E-state index contributed by atoms with van der Waals surface area (Å²) in [6.07, 6.45) is 2.47. The number of rotatable bonds is 4. The fourth-order valence-electron chi connectivity index (χ4n) is 2.99. The Balaban J connectivity index is 1.59. The van der Waals surface area contributed by atoms with E-state index in [1.165, 1.54) is 11.3 Å². The number of carbonyl (C=O) groups is 1. The van der Waals surface area contributed by atoms with Crippen LogP contribution in [0.1, 0.15) is 29.8 Å². The van der Waals surface area contributed by atoms with Crippen LogP contribution >= 0.6 is 22.7 Å². The van der Waals surface area contributed by atoms with Crippen LogP contribution in [-0.4, -0.2) is 47.8 Å². The second kappa shape index (κ2) is 5.68. The van der Waals surface area contributed by atoms with Gasteiger partial charge in [0.25, 0.3) is 5.91 Å². The highest BCUT2D eigenvalue weighted by Gasteiger charge is 2.42. The molecule has 4 rings (SSSR count). The largest absolute Gasteiger partial charge is 0.330 e. The Morgan fingerprint density at radius 2 is 2.04 bits per heavy atom. The minimum atomic E-state index is -3.00. The molecule has 2 aromatic rings. The summed E-state index contributed by atoms with van der Waals surface area (Å²) in [5.41, 5.74) is 0.439. The molecular weight excluding hydrogens is 352 g/mol. The van der Waals surface area contributed by atoms with Gasteiger partial charge in [-0.1, -0.05) is 6.07 Å². The zero-order chi connectivity index (χ0) is 16.0. The van der Waals surface area contributed by atoms with E-state index < -0.39 is 9.84 Å². The Labute approximate surface area is 142 Å². The van der Waals surface area contributed by atoms with E-state index in [0.29, 0.717) is 12.1 Å². The first-order valence-corrected chi connectivity index (χ1v) is 11.1. The van der Waals surface area contributed by atoms with Gasteiger partial charge in [-0.15, -0.1) is 22.7 Å². The number of thiophene rings is 1. The first-order valence-electron chi connectivity index (χ1n) is 7.56. The summed E-state index contributed by atoms with van der Waals surface area (Å²) in [4.78, 5) is 20.2. The van der Waals surface area contributed by atoms with Gasteiger partial charge in [0.1, 0.15) is 10.7 Å². The van der Waals surface area contributed by atoms with Crippen LogP contribution in [0.25, 0.3) is 9.88 Å². The van der Waals surface area contributed by atoms with Gasteiger partial charge >= 0.3 is 0 Å². The van der Waals surface area contributed by atoms with Crippen molar-refractivity contribution in [3.05, 3.63) is 28.6 Å². The number of amides is 1. The Hall–Kier alpha value is -1.25. The second-order valence-corrected chi connectivity index (χ2v) is 10.1. The monoisotopic (exact) mass is 368 g/mol. The lowest BCUT2D eigenvalue weighted by molar-refractivity contribution is 0.0675. The fourth-order valence-corrected chi connectivity index (χ4v) is 6.31. The molecule has 0 N–H and O–H groups in total. The number of aromatic nitrogens is 1. The molecule has 1 atom stereocenters. The maximum absolute atomic E-state index is 12.9. The first-order chi connectivity index (χ1) is 11.0. The summed E-state index contributed by atoms with van der Waals surface area (Å²) in [6.45, 7) is 0. The van der Waals surface area contributed by atoms with Gasteiger partial charge in [0.05, 0.1) is 16.4 Å². The lowest BCUT2D eigenvalue weighted by Gasteiger charge is -2.27. The summed E-state index contributed by atoms with van der Waals surface area (Å²) in [7, 11) is -3.00. The van der Waals surface area contributed by atoms with Crippen LogP contribution in [0.15, 0.2) is 22.9 Å². The number of hydrogen-bond donors (Lipinski definition) is 0. The van der Waals surface area contributed by atoms with Crippen LogP contribution in [0.2, 0.25) is 0 Å². The number of nitrogens with zero attached hydrogens (tertiary/aromatic N) is 2. The Kier molecular flexibility index (Phi) is 3.78. The van der Waals surface area contributed by atoms with Crippen LogP contribution in [0.5, 0.6) is 0 Å². The van der Waals surface area contributed by atoms with E-state index >= 15 is 0 Å². The minimum Gasteiger partial charge on any atom is -0.330 e. The summed E-state index contributed by atoms with van der Waals surface area (Å²) in [6, 6.07) is 3.95. The van der Waals surface area contributed by atoms with E-state index in [4.69, 9.17) is 0 Å². The molecule has 1 aliphatic heterocycles. The molecule has 1 amide bonds. The number of carbonyl (C=O) groups excluding carboxylic acids is 1. The van der Waals surface area contributed by atoms with Gasteiger partial charge in [0.2, 0.25) is 0 Å². The van der Waals surface area contributed by atoms with Crippen molar-refractivity contribution in [2.75, 3.05) is 11.5 Å². The van der Waals surface area contributed by atoms with E-state index in [-0.39, 0.29) is 29.5 Å². The molecule has 122 valence electrons. The molecule has 0 spiro atoms. The van der Waals surface area contributed by atoms with Crippen LogP contribution < -0.4 is 0 Å². The maximum Gasteiger partial charge on any atom is 0.273 e. The molecule has 2 aliphatic rings. The molecular formula is C15H16N2O3S3. The second-order valence-electron chi connectivity index (χ2n) is 6.02. The van der Waals surface area contributed by atoms with Gasteiger partial charge in [-0.25, -0.2) is 13.4 Å². The average molecular weight is 369 g/mol. The van der Waals surface area contributed by atoms with E-state index in [1.807, 2.05) is 17.5 Å². The van der Waals surface area contributed by atoms with Crippen LogP contribution in [0, 0.1) is 0 Å². The molecule has 23 heavy (non-hydrogen) atoms. The first kappa shape index (κ1) is 15.3. The van der Waals surface area contributed by atoms with Crippen molar-refractivity contribution in [2.45, 2.75) is 31.3 Å². The predicted molar refractivity (Wildman–Crippen MR) is 91.7 cm³/mol. The van der Waals surface area contributed by atoms with Crippen LogP contribution in [-0.2, 0) is 9.84 Å². The van der Waals surface area contributed by atoms with Crippen molar-refractivity contribution >= 4 is 38.4 Å². The minimum absolute atomic E-state index is 0.0944. The van der Waals surface area contributed by atoms with Crippen molar-refractivity contribution in [2.24, 2.45) is 0 Å². The normalized spacial score (nSPS) is 23.0. The standard InChI is InChI=1S/C15H16N2O3S3/c18-15(12-8-22-14(16-12)13-2-1-6-21-13)17(10-3-4-10)11-5-7-23(19,20)9-11/h1-2,6,8,10-11H,3-5,7,9H2. The third-order valence-corrected chi connectivity index (χ3v) is 7.86. The molecule has 0 bridgehead atoms. The highest BCUT2D eigenvalue weighted by molar-refractivity contribution is 7.91. The van der Waals surface area contributed by atoms with Crippen LogP contribution in [0.3, 0.4) is 0 Å². The van der Waals surface area contributed by atoms with Crippen molar-refractivity contribution in [1.82, 2.24) is 9.88 Å². The van der Waals surface area contributed by atoms with Crippen molar-refractivity contribution < 1.29 is 13.2 Å².